The highest BCUT2D eigenvalue weighted by molar-refractivity contribution is 6.98. The van der Waals surface area contributed by atoms with Gasteiger partial charge in [-0.1, -0.05) is 35.0 Å². The minimum Gasteiger partial charge on any atom is -0.476 e. The molecule has 5 heterocycles. The van der Waals surface area contributed by atoms with E-state index in [-0.39, 0.29) is 6.71 Å². The molecule has 3 aromatic carbocycles. The Morgan fingerprint density at radius 3 is 2.33 bits per heavy atom. The summed E-state index contributed by atoms with van der Waals surface area (Å²) in [5.74, 6) is 4.43. The van der Waals surface area contributed by atoms with Gasteiger partial charge in [0, 0.05) is 34.4 Å². The van der Waals surface area contributed by atoms with Crippen LogP contribution in [-0.2, 0) is 9.47 Å². The zero-order chi connectivity index (χ0) is 28.2. The molecule has 3 aromatic rings. The zero-order valence-electron chi connectivity index (χ0n) is 23.0. The van der Waals surface area contributed by atoms with Crippen molar-refractivity contribution in [2.24, 2.45) is 15.7 Å². The highest BCUT2D eigenvalue weighted by Crippen LogP contribution is 2.35. The predicted molar refractivity (Wildman–Crippen MR) is 167 cm³/mol. The Kier molecular flexibility index (Phi) is 5.65. The summed E-state index contributed by atoms with van der Waals surface area (Å²) in [5.41, 5.74) is 14.7. The summed E-state index contributed by atoms with van der Waals surface area (Å²) in [4.78, 5) is 8.75. The number of nitrogens with two attached hydrogens (primary N) is 1. The van der Waals surface area contributed by atoms with Crippen LogP contribution in [0.15, 0.2) is 94.5 Å². The van der Waals surface area contributed by atoms with Crippen molar-refractivity contribution in [2.75, 3.05) is 26.3 Å². The normalized spacial score (nSPS) is 18.0. The van der Waals surface area contributed by atoms with Gasteiger partial charge in [0.05, 0.1) is 18.7 Å². The van der Waals surface area contributed by atoms with Gasteiger partial charge in [-0.25, -0.2) is 9.98 Å². The molecule has 8 nitrogen and oxygen atoms in total. The molecule has 9 heteroatoms. The summed E-state index contributed by atoms with van der Waals surface area (Å²) in [5, 5.41) is 0. The minimum absolute atomic E-state index is 0.0406. The van der Waals surface area contributed by atoms with E-state index in [0.29, 0.717) is 43.8 Å². The summed E-state index contributed by atoms with van der Waals surface area (Å²) < 4.78 is 28.8. The second-order valence-corrected chi connectivity index (χ2v) is 10.6. The molecule has 0 spiro atoms. The van der Waals surface area contributed by atoms with Crippen LogP contribution in [0.1, 0.15) is 18.1 Å². The first-order valence-corrected chi connectivity index (χ1v) is 14.0. The van der Waals surface area contributed by atoms with Gasteiger partial charge in [-0.3, -0.25) is 0 Å². The molecule has 0 aromatic heterocycles. The quantitative estimate of drug-likeness (QED) is 0.205. The minimum atomic E-state index is -0.0406. The molecule has 42 heavy (non-hydrogen) atoms. The molecule has 0 saturated carbocycles. The van der Waals surface area contributed by atoms with Crippen LogP contribution in [0, 0.1) is 0 Å². The number of hydrogen-bond donors (Lipinski definition) is 1. The van der Waals surface area contributed by atoms with Crippen molar-refractivity contribution in [3.8, 4) is 23.0 Å². The monoisotopic (exact) mass is 553 g/mol. The van der Waals surface area contributed by atoms with E-state index in [1.807, 2.05) is 61.6 Å². The lowest BCUT2D eigenvalue weighted by molar-refractivity contribution is 0.347. The molecule has 204 valence electrons. The van der Waals surface area contributed by atoms with Crippen molar-refractivity contribution in [1.82, 2.24) is 4.67 Å². The predicted octanol–water partition coefficient (Wildman–Crippen LogP) is 2.38. The van der Waals surface area contributed by atoms with E-state index >= 15 is 0 Å². The lowest BCUT2D eigenvalue weighted by atomic mass is 9.35. The number of aliphatic imine (C=N–C) groups is 2. The second kappa shape index (κ2) is 9.68. The van der Waals surface area contributed by atoms with Gasteiger partial charge in [0.2, 0.25) is 5.90 Å². The van der Waals surface area contributed by atoms with Crippen molar-refractivity contribution >= 4 is 52.0 Å². The third kappa shape index (κ3) is 4.05. The van der Waals surface area contributed by atoms with Gasteiger partial charge >= 0.3 is 17.3 Å². The summed E-state index contributed by atoms with van der Waals surface area (Å²) in [7, 11) is 0. The molecule has 5 aliphatic rings. The van der Waals surface area contributed by atoms with Gasteiger partial charge in [-0.2, -0.15) is 0 Å². The smallest absolute Gasteiger partial charge is 0.389 e. The number of rotatable bonds is 5. The van der Waals surface area contributed by atoms with Crippen LogP contribution >= 0.6 is 0 Å². The Morgan fingerprint density at radius 2 is 1.57 bits per heavy atom. The highest BCUT2D eigenvalue weighted by atomic mass is 16.5. The van der Waals surface area contributed by atoms with Crippen molar-refractivity contribution in [2.45, 2.75) is 6.92 Å². The van der Waals surface area contributed by atoms with Gasteiger partial charge < -0.3 is 24.7 Å². The van der Waals surface area contributed by atoms with E-state index in [1.54, 1.807) is 0 Å². The van der Waals surface area contributed by atoms with Crippen LogP contribution in [-0.4, -0.2) is 56.2 Å². The molecule has 0 fully saturated rings. The molecule has 0 amide bonds. The van der Waals surface area contributed by atoms with Crippen molar-refractivity contribution in [3.05, 3.63) is 95.6 Å². The SMILES string of the molecule is C/C(=C\C=C(/N)c1ccc2c(c1)Oc1cccc3c1B2c1ccc(C2=[N+]=C(C4=NCCO4)C=C2)cc1O3)C1=NCCO1. The topological polar surface area (TPSA) is 102 Å². The van der Waals surface area contributed by atoms with Crippen molar-refractivity contribution < 1.29 is 18.9 Å². The molecule has 0 aliphatic carbocycles. The highest BCUT2D eigenvalue weighted by Gasteiger charge is 2.40. The average Bonchev–Trinajstić information content (AvgIpc) is 3.82. The summed E-state index contributed by atoms with van der Waals surface area (Å²) >= 11 is 0. The molecule has 0 bridgehead atoms. The summed E-state index contributed by atoms with van der Waals surface area (Å²) in [6, 6.07) is 18.4. The average molecular weight is 553 g/mol. The van der Waals surface area contributed by atoms with Crippen LogP contribution in [0.25, 0.3) is 5.70 Å². The van der Waals surface area contributed by atoms with Gasteiger partial charge in [0.15, 0.2) is 0 Å². The molecule has 5 aliphatic heterocycles. The zero-order valence-corrected chi connectivity index (χ0v) is 23.0. The maximum atomic E-state index is 6.50. The summed E-state index contributed by atoms with van der Waals surface area (Å²) in [6.45, 7) is 4.52. The molecule has 8 rings (SSSR count). The van der Waals surface area contributed by atoms with E-state index in [1.165, 1.54) is 0 Å². The van der Waals surface area contributed by atoms with Crippen molar-refractivity contribution in [3.63, 3.8) is 0 Å². The van der Waals surface area contributed by atoms with E-state index in [9.17, 15) is 0 Å². The number of ether oxygens (including phenoxy) is 4. The lowest BCUT2D eigenvalue weighted by Crippen LogP contribution is -2.57. The van der Waals surface area contributed by atoms with E-state index in [0.717, 1.165) is 67.5 Å². The maximum Gasteiger partial charge on any atom is 0.389 e. The molecular weight excluding hydrogens is 527 g/mol. The van der Waals surface area contributed by atoms with E-state index < -0.39 is 0 Å². The fourth-order valence-electron chi connectivity index (χ4n) is 5.85. The number of allylic oxidation sites excluding steroid dienone is 3. The van der Waals surface area contributed by atoms with Crippen LogP contribution < -0.4 is 36.3 Å². The van der Waals surface area contributed by atoms with E-state index in [2.05, 4.69) is 34.3 Å². The molecule has 0 unspecified atom stereocenters. The standard InChI is InChI=1S/C33H26BN4O4/c1-19(32-36-13-15-39-32)5-10-24(35)20-6-8-22-29(17-20)41-27-3-2-4-28-31(27)34(22)23-9-7-21(18-30(23)42-28)25-11-12-26(38-25)33-37-14-16-40-33/h2-12,17-18H,13-16,35H2,1H3/q+1/b19-5+,24-10-. The van der Waals surface area contributed by atoms with Crippen LogP contribution in [0.4, 0.5) is 0 Å². The fourth-order valence-corrected chi connectivity index (χ4v) is 5.85. The van der Waals surface area contributed by atoms with Crippen LogP contribution in [0.3, 0.4) is 0 Å². The molecule has 0 saturated heterocycles. The second-order valence-electron chi connectivity index (χ2n) is 10.6. The lowest BCUT2D eigenvalue weighted by Gasteiger charge is -2.33. The Hall–Kier alpha value is -5.27. The Bertz CT molecular complexity index is 1910. The van der Waals surface area contributed by atoms with Crippen LogP contribution in [0.5, 0.6) is 23.0 Å². The Balaban J connectivity index is 1.16. The Labute approximate surface area is 243 Å². The van der Waals surface area contributed by atoms with Gasteiger partial charge in [-0.15, -0.1) is 0 Å². The molecule has 0 atom stereocenters. The Morgan fingerprint density at radius 1 is 0.833 bits per heavy atom. The van der Waals surface area contributed by atoms with Crippen LogP contribution in [0.2, 0.25) is 0 Å². The number of nitrogens with zero attached hydrogens (tertiary/aromatic N) is 3. The third-order valence-corrected chi connectivity index (χ3v) is 7.91. The van der Waals surface area contributed by atoms with E-state index in [4.69, 9.17) is 29.3 Å². The van der Waals surface area contributed by atoms with Gasteiger partial charge in [-0.05, 0) is 54.3 Å². The largest absolute Gasteiger partial charge is 0.476 e. The maximum absolute atomic E-state index is 6.50. The number of fused-ring (bicyclic) bond motifs is 4. The first kappa shape index (κ1) is 24.5. The van der Waals surface area contributed by atoms with Gasteiger partial charge in [0.25, 0.3) is 6.71 Å². The fraction of sp³-hybridized carbons (Fsp3) is 0.152. The first-order chi connectivity index (χ1) is 20.6. The first-order valence-electron chi connectivity index (χ1n) is 14.0. The molecular formula is C33H26BN4O4+. The van der Waals surface area contributed by atoms with Crippen molar-refractivity contribution in [1.29, 1.82) is 0 Å². The molecule has 2 N–H and O–H groups in total. The number of hydrogen-bond acceptors (Lipinski definition) is 7. The molecule has 0 radical (unpaired) electrons. The third-order valence-electron chi connectivity index (χ3n) is 7.91. The summed E-state index contributed by atoms with van der Waals surface area (Å²) in [6.07, 6.45) is 7.76. The number of benzene rings is 3. The van der Waals surface area contributed by atoms with Gasteiger partial charge in [0.1, 0.15) is 36.2 Å².